The molecular weight excluding hydrogens is 519 g/mol. The Morgan fingerprint density at radius 3 is 2.72 bits per heavy atom. The Bertz CT molecular complexity index is 717. The van der Waals surface area contributed by atoms with E-state index in [1.807, 2.05) is 25.1 Å². The number of ether oxygens (including phenoxy) is 2. The molecule has 1 aromatic rings. The van der Waals surface area contributed by atoms with Crippen molar-refractivity contribution in [3.05, 3.63) is 29.8 Å². The largest absolute Gasteiger partial charge is 0.376 e. The van der Waals surface area contributed by atoms with Gasteiger partial charge >= 0.3 is 0 Å². The SMILES string of the molecule is CCNC(=NCC(=O)Nc1cccc(CC)c1)N1CCC(OCC2CCCCO2)CC1.I. The van der Waals surface area contributed by atoms with Crippen LogP contribution in [-0.4, -0.2) is 68.4 Å². The number of rotatable bonds is 8. The van der Waals surface area contributed by atoms with Gasteiger partial charge in [-0.3, -0.25) is 4.79 Å². The molecule has 1 unspecified atom stereocenters. The number of benzene rings is 1. The van der Waals surface area contributed by atoms with E-state index in [1.54, 1.807) is 0 Å². The highest BCUT2D eigenvalue weighted by Gasteiger charge is 2.24. The zero-order valence-corrected chi connectivity index (χ0v) is 21.8. The summed E-state index contributed by atoms with van der Waals surface area (Å²) in [5, 5.41) is 6.27. The molecule has 2 heterocycles. The summed E-state index contributed by atoms with van der Waals surface area (Å²) in [7, 11) is 0. The predicted molar refractivity (Wildman–Crippen MR) is 140 cm³/mol. The second-order valence-electron chi connectivity index (χ2n) is 8.28. The van der Waals surface area contributed by atoms with Crippen molar-refractivity contribution in [3.8, 4) is 0 Å². The van der Waals surface area contributed by atoms with Crippen LogP contribution < -0.4 is 10.6 Å². The Balaban J connectivity index is 0.00000363. The van der Waals surface area contributed by atoms with Crippen molar-refractivity contribution in [1.29, 1.82) is 0 Å². The molecule has 0 radical (unpaired) electrons. The normalized spacial score (nSPS) is 19.9. The number of anilines is 1. The van der Waals surface area contributed by atoms with E-state index in [-0.39, 0.29) is 48.6 Å². The number of piperidine rings is 1. The first-order chi connectivity index (χ1) is 15.2. The van der Waals surface area contributed by atoms with E-state index in [1.165, 1.54) is 18.4 Å². The third kappa shape index (κ3) is 8.86. The van der Waals surface area contributed by atoms with Crippen LogP contribution in [0.5, 0.6) is 0 Å². The van der Waals surface area contributed by atoms with Crippen LogP contribution in [0.2, 0.25) is 0 Å². The molecule has 0 bridgehead atoms. The average Bonchev–Trinajstić information content (AvgIpc) is 2.81. The fraction of sp³-hybridized carbons (Fsp3) is 0.667. The Hall–Kier alpha value is -1.39. The maximum absolute atomic E-state index is 12.4. The summed E-state index contributed by atoms with van der Waals surface area (Å²) >= 11 is 0. The van der Waals surface area contributed by atoms with Gasteiger partial charge < -0.3 is 25.0 Å². The molecule has 7 nitrogen and oxygen atoms in total. The van der Waals surface area contributed by atoms with Gasteiger partial charge in [0.05, 0.1) is 18.8 Å². The standard InChI is InChI=1S/C24H38N4O3.HI/c1-3-19-8-7-9-20(16-19)27-23(29)17-26-24(25-4-2)28-13-11-21(12-14-28)31-18-22-10-5-6-15-30-22;/h7-9,16,21-22H,3-6,10-15,17-18H2,1-2H3,(H,25,26)(H,27,29);1H. The first-order valence-corrected chi connectivity index (χ1v) is 11.8. The van der Waals surface area contributed by atoms with Crippen LogP contribution in [0.15, 0.2) is 29.3 Å². The molecule has 0 saturated carbocycles. The van der Waals surface area contributed by atoms with E-state index in [4.69, 9.17) is 9.47 Å². The summed E-state index contributed by atoms with van der Waals surface area (Å²) in [4.78, 5) is 19.2. The summed E-state index contributed by atoms with van der Waals surface area (Å²) in [6.45, 7) is 8.36. The molecular formula is C24H39IN4O3. The first kappa shape index (κ1) is 26.9. The van der Waals surface area contributed by atoms with Crippen molar-refractivity contribution in [2.24, 2.45) is 4.99 Å². The molecule has 0 aromatic heterocycles. The average molecular weight is 559 g/mol. The van der Waals surface area contributed by atoms with Crippen LogP contribution in [0.25, 0.3) is 0 Å². The molecule has 2 aliphatic rings. The van der Waals surface area contributed by atoms with Crippen LogP contribution in [0.4, 0.5) is 5.69 Å². The minimum absolute atomic E-state index is 0. The molecule has 8 heteroatoms. The van der Waals surface area contributed by atoms with E-state index in [0.717, 1.165) is 63.6 Å². The molecule has 2 fully saturated rings. The third-order valence-corrected chi connectivity index (χ3v) is 5.86. The monoisotopic (exact) mass is 558 g/mol. The molecule has 180 valence electrons. The number of aryl methyl sites for hydroxylation is 1. The van der Waals surface area contributed by atoms with E-state index in [0.29, 0.717) is 6.61 Å². The van der Waals surface area contributed by atoms with Crippen LogP contribution in [-0.2, 0) is 20.7 Å². The highest BCUT2D eigenvalue weighted by molar-refractivity contribution is 14.0. The number of carbonyl (C=O) groups excluding carboxylic acids is 1. The highest BCUT2D eigenvalue weighted by Crippen LogP contribution is 2.18. The molecule has 2 aliphatic heterocycles. The molecule has 2 saturated heterocycles. The number of hydrogen-bond donors (Lipinski definition) is 2. The van der Waals surface area contributed by atoms with Gasteiger partial charge in [0, 0.05) is 31.9 Å². The van der Waals surface area contributed by atoms with Gasteiger partial charge in [0.25, 0.3) is 0 Å². The Labute approximate surface area is 209 Å². The lowest BCUT2D eigenvalue weighted by Crippen LogP contribution is -2.47. The minimum Gasteiger partial charge on any atom is -0.376 e. The van der Waals surface area contributed by atoms with Crippen LogP contribution in [0.1, 0.15) is 51.5 Å². The minimum atomic E-state index is -0.102. The zero-order valence-electron chi connectivity index (χ0n) is 19.5. The van der Waals surface area contributed by atoms with Gasteiger partial charge in [-0.15, -0.1) is 24.0 Å². The molecule has 1 atom stereocenters. The van der Waals surface area contributed by atoms with E-state index in [9.17, 15) is 4.79 Å². The second-order valence-corrected chi connectivity index (χ2v) is 8.28. The summed E-state index contributed by atoms with van der Waals surface area (Å²) < 4.78 is 11.9. The summed E-state index contributed by atoms with van der Waals surface area (Å²) in [5.41, 5.74) is 2.03. The fourth-order valence-corrected chi connectivity index (χ4v) is 4.06. The molecule has 1 amide bonds. The molecule has 0 aliphatic carbocycles. The van der Waals surface area contributed by atoms with Crippen molar-refractivity contribution in [1.82, 2.24) is 10.2 Å². The Kier molecular flexibility index (Phi) is 12.3. The van der Waals surface area contributed by atoms with Crippen molar-refractivity contribution in [2.45, 2.75) is 64.6 Å². The maximum Gasteiger partial charge on any atom is 0.246 e. The van der Waals surface area contributed by atoms with Gasteiger partial charge in [0.15, 0.2) is 5.96 Å². The lowest BCUT2D eigenvalue weighted by atomic mass is 10.1. The quantitative estimate of drug-likeness (QED) is 0.289. The van der Waals surface area contributed by atoms with Crippen LogP contribution >= 0.6 is 24.0 Å². The van der Waals surface area contributed by atoms with Crippen LogP contribution in [0, 0.1) is 0 Å². The smallest absolute Gasteiger partial charge is 0.246 e. The molecule has 0 spiro atoms. The van der Waals surface area contributed by atoms with Crippen molar-refractivity contribution >= 4 is 41.5 Å². The molecule has 3 rings (SSSR count). The number of amides is 1. The van der Waals surface area contributed by atoms with Crippen molar-refractivity contribution in [3.63, 3.8) is 0 Å². The number of carbonyl (C=O) groups is 1. The predicted octanol–water partition coefficient (Wildman–Crippen LogP) is 3.82. The van der Waals surface area contributed by atoms with E-state index >= 15 is 0 Å². The Morgan fingerprint density at radius 2 is 2.03 bits per heavy atom. The Morgan fingerprint density at radius 1 is 1.22 bits per heavy atom. The molecule has 32 heavy (non-hydrogen) atoms. The maximum atomic E-state index is 12.4. The first-order valence-electron chi connectivity index (χ1n) is 11.8. The highest BCUT2D eigenvalue weighted by atomic mass is 127. The van der Waals surface area contributed by atoms with Crippen molar-refractivity contribution < 1.29 is 14.3 Å². The number of likely N-dealkylation sites (tertiary alicyclic amines) is 1. The molecule has 1 aromatic carbocycles. The van der Waals surface area contributed by atoms with Crippen molar-refractivity contribution in [2.75, 3.05) is 44.7 Å². The molecule has 2 N–H and O–H groups in total. The lowest BCUT2D eigenvalue weighted by molar-refractivity contribution is -0.114. The second kappa shape index (κ2) is 14.7. The van der Waals surface area contributed by atoms with E-state index in [2.05, 4.69) is 33.5 Å². The summed E-state index contributed by atoms with van der Waals surface area (Å²) in [5.74, 6) is 0.698. The number of nitrogens with zero attached hydrogens (tertiary/aromatic N) is 2. The van der Waals surface area contributed by atoms with Gasteiger partial charge in [0.2, 0.25) is 5.91 Å². The lowest BCUT2D eigenvalue weighted by Gasteiger charge is -2.35. The fourth-order valence-electron chi connectivity index (χ4n) is 4.06. The zero-order chi connectivity index (χ0) is 21.9. The van der Waals surface area contributed by atoms with Gasteiger partial charge in [-0.2, -0.15) is 0 Å². The van der Waals surface area contributed by atoms with Gasteiger partial charge in [-0.05, 0) is 63.1 Å². The topological polar surface area (TPSA) is 75.2 Å². The number of guanidine groups is 1. The van der Waals surface area contributed by atoms with Gasteiger partial charge in [-0.25, -0.2) is 4.99 Å². The summed E-state index contributed by atoms with van der Waals surface area (Å²) in [6, 6.07) is 7.95. The number of aliphatic imine (C=N–C) groups is 1. The summed E-state index contributed by atoms with van der Waals surface area (Å²) in [6.07, 6.45) is 6.94. The van der Waals surface area contributed by atoms with Gasteiger partial charge in [0.1, 0.15) is 6.54 Å². The third-order valence-electron chi connectivity index (χ3n) is 5.86. The number of halogens is 1. The number of nitrogens with one attached hydrogen (secondary N) is 2. The number of hydrogen-bond acceptors (Lipinski definition) is 4. The van der Waals surface area contributed by atoms with Gasteiger partial charge in [-0.1, -0.05) is 19.1 Å². The van der Waals surface area contributed by atoms with E-state index < -0.39 is 0 Å². The van der Waals surface area contributed by atoms with Crippen LogP contribution in [0.3, 0.4) is 0 Å².